The maximum atomic E-state index is 4.87. The second-order valence-electron chi connectivity index (χ2n) is 11.6. The third kappa shape index (κ3) is 3.60. The number of imidazole rings is 1. The fourth-order valence-corrected chi connectivity index (χ4v) is 8.35. The number of pyridine rings is 1. The van der Waals surface area contributed by atoms with Crippen LogP contribution < -0.4 is 0 Å². The molecular weight excluding hydrogens is 567 g/mol. The highest BCUT2D eigenvalue weighted by molar-refractivity contribution is 7.27. The summed E-state index contributed by atoms with van der Waals surface area (Å²) in [6, 6.07) is 50.5. The third-order valence-electron chi connectivity index (χ3n) is 9.13. The van der Waals surface area contributed by atoms with E-state index in [4.69, 9.17) is 4.98 Å². The summed E-state index contributed by atoms with van der Waals surface area (Å²) >= 11 is 1.90. The molecule has 0 bridgehead atoms. The van der Waals surface area contributed by atoms with Crippen molar-refractivity contribution in [3.05, 3.63) is 152 Å². The highest BCUT2D eigenvalue weighted by atomic mass is 32.1. The zero-order valence-corrected chi connectivity index (χ0v) is 25.0. The predicted molar refractivity (Wildman–Crippen MR) is 191 cm³/mol. The summed E-state index contributed by atoms with van der Waals surface area (Å²) < 4.78 is 7.22. The van der Waals surface area contributed by atoms with Crippen LogP contribution in [0.1, 0.15) is 0 Å². The lowest BCUT2D eigenvalue weighted by molar-refractivity contribution is 1.19. The Hall–Kier alpha value is -5.71. The Morgan fingerprint density at radius 1 is 0.533 bits per heavy atom. The molecule has 6 aromatic carbocycles. The molecule has 0 atom stereocenters. The lowest BCUT2D eigenvalue weighted by Gasteiger charge is -2.11. The number of hydrogen-bond donors (Lipinski definition) is 0. The molecule has 0 amide bonds. The molecule has 10 rings (SSSR count). The first-order valence-corrected chi connectivity index (χ1v) is 16.0. The van der Waals surface area contributed by atoms with Crippen molar-refractivity contribution in [1.29, 1.82) is 0 Å². The molecule has 45 heavy (non-hydrogen) atoms. The molecule has 0 saturated heterocycles. The van der Waals surface area contributed by atoms with Gasteiger partial charge in [-0.2, -0.15) is 0 Å². The lowest BCUT2D eigenvalue weighted by atomic mass is 9.98. The van der Waals surface area contributed by atoms with E-state index < -0.39 is 0 Å². The summed E-state index contributed by atoms with van der Waals surface area (Å²) in [5.74, 6) is 0. The Bertz CT molecular complexity index is 2710. The van der Waals surface area contributed by atoms with Crippen LogP contribution in [0, 0.1) is 0 Å². The lowest BCUT2D eigenvalue weighted by Crippen LogP contribution is -1.94. The molecule has 0 unspecified atom stereocenters. The molecule has 0 N–H and O–H groups in total. The van der Waals surface area contributed by atoms with E-state index in [1.54, 1.807) is 0 Å². The number of fused-ring (bicyclic) bond motifs is 11. The standard InChI is InChI=1S/C41H25N3S/c1-2-10-26(11-3-1)28-19-22-35-33(24-28)38-30-12-4-5-13-31(30)41-39(32-14-6-7-15-36(32)45-41)40(38)44(35)29-20-17-27(18-21-29)34-25-43-23-9-8-16-37(43)42-34/h1-25H. The molecule has 210 valence electrons. The van der Waals surface area contributed by atoms with E-state index in [1.807, 2.05) is 35.7 Å². The second kappa shape index (κ2) is 9.39. The monoisotopic (exact) mass is 591 g/mol. The molecule has 3 nitrogen and oxygen atoms in total. The largest absolute Gasteiger partial charge is 0.309 e. The minimum Gasteiger partial charge on any atom is -0.309 e. The Morgan fingerprint density at radius 2 is 1.27 bits per heavy atom. The Balaban J connectivity index is 1.33. The van der Waals surface area contributed by atoms with Crippen LogP contribution in [0.4, 0.5) is 0 Å². The van der Waals surface area contributed by atoms with Gasteiger partial charge in [0.15, 0.2) is 0 Å². The predicted octanol–water partition coefficient (Wildman–Crippen LogP) is 11.3. The van der Waals surface area contributed by atoms with Crippen molar-refractivity contribution in [2.45, 2.75) is 0 Å². The number of rotatable bonds is 3. The zero-order valence-electron chi connectivity index (χ0n) is 24.2. The van der Waals surface area contributed by atoms with Crippen molar-refractivity contribution in [3.63, 3.8) is 0 Å². The van der Waals surface area contributed by atoms with Crippen LogP contribution in [0.5, 0.6) is 0 Å². The van der Waals surface area contributed by atoms with Crippen LogP contribution in [-0.2, 0) is 0 Å². The highest BCUT2D eigenvalue weighted by Gasteiger charge is 2.22. The maximum Gasteiger partial charge on any atom is 0.137 e. The Labute approximate surface area is 262 Å². The van der Waals surface area contributed by atoms with Crippen molar-refractivity contribution in [3.8, 4) is 28.1 Å². The fraction of sp³-hybridized carbons (Fsp3) is 0. The van der Waals surface area contributed by atoms with Gasteiger partial charge in [0.25, 0.3) is 0 Å². The molecule has 0 spiro atoms. The molecule has 4 aromatic heterocycles. The molecule has 0 aliphatic carbocycles. The smallest absolute Gasteiger partial charge is 0.137 e. The second-order valence-corrected chi connectivity index (χ2v) is 12.7. The van der Waals surface area contributed by atoms with Crippen molar-refractivity contribution >= 4 is 69.7 Å². The van der Waals surface area contributed by atoms with Crippen LogP contribution >= 0.6 is 11.3 Å². The number of benzene rings is 6. The van der Waals surface area contributed by atoms with Crippen LogP contribution in [0.3, 0.4) is 0 Å². The normalized spacial score (nSPS) is 12.0. The summed E-state index contributed by atoms with van der Waals surface area (Å²) in [6.45, 7) is 0. The summed E-state index contributed by atoms with van der Waals surface area (Å²) in [4.78, 5) is 4.87. The molecule has 0 saturated carbocycles. The molecule has 4 heterocycles. The molecule has 0 radical (unpaired) electrons. The quantitative estimate of drug-likeness (QED) is 0.200. The van der Waals surface area contributed by atoms with Crippen LogP contribution in [0.2, 0.25) is 0 Å². The summed E-state index contributed by atoms with van der Waals surface area (Å²) in [5.41, 5.74) is 9.09. The van der Waals surface area contributed by atoms with E-state index in [9.17, 15) is 0 Å². The summed E-state index contributed by atoms with van der Waals surface area (Å²) in [5, 5.41) is 7.81. The third-order valence-corrected chi connectivity index (χ3v) is 10.3. The van der Waals surface area contributed by atoms with Gasteiger partial charge in [-0.3, -0.25) is 0 Å². The van der Waals surface area contributed by atoms with Gasteiger partial charge in [0, 0.05) is 60.0 Å². The number of nitrogens with zero attached hydrogens (tertiary/aromatic N) is 3. The maximum absolute atomic E-state index is 4.87. The van der Waals surface area contributed by atoms with Gasteiger partial charge in [0.05, 0.1) is 16.7 Å². The highest BCUT2D eigenvalue weighted by Crippen LogP contribution is 2.48. The van der Waals surface area contributed by atoms with Crippen molar-refractivity contribution < 1.29 is 0 Å². The van der Waals surface area contributed by atoms with Gasteiger partial charge in [-0.25, -0.2) is 4.98 Å². The minimum atomic E-state index is 0.951. The van der Waals surface area contributed by atoms with Gasteiger partial charge in [-0.1, -0.05) is 97.1 Å². The molecule has 4 heteroatoms. The van der Waals surface area contributed by atoms with E-state index in [0.717, 1.165) is 22.6 Å². The summed E-state index contributed by atoms with van der Waals surface area (Å²) in [7, 11) is 0. The van der Waals surface area contributed by atoms with E-state index in [2.05, 4.69) is 136 Å². The van der Waals surface area contributed by atoms with Crippen molar-refractivity contribution in [2.75, 3.05) is 0 Å². The van der Waals surface area contributed by atoms with Crippen LogP contribution in [-0.4, -0.2) is 14.0 Å². The minimum absolute atomic E-state index is 0.951. The molecule has 0 fully saturated rings. The number of hydrogen-bond acceptors (Lipinski definition) is 2. The Kier molecular flexibility index (Phi) is 5.16. The van der Waals surface area contributed by atoms with E-state index >= 15 is 0 Å². The van der Waals surface area contributed by atoms with Crippen LogP contribution in [0.15, 0.2) is 152 Å². The van der Waals surface area contributed by atoms with E-state index in [1.165, 1.54) is 63.9 Å². The van der Waals surface area contributed by atoms with Crippen LogP contribution in [0.25, 0.3) is 86.5 Å². The van der Waals surface area contributed by atoms with Crippen molar-refractivity contribution in [2.24, 2.45) is 0 Å². The molecular formula is C41H25N3S. The average molecular weight is 592 g/mol. The first-order valence-electron chi connectivity index (χ1n) is 15.2. The first-order chi connectivity index (χ1) is 22.3. The SMILES string of the molecule is c1ccc(-c2ccc3c(c2)c2c4ccccc4c4sc5ccccc5c4c2n3-c2ccc(-c3cn4ccccc4n3)cc2)cc1. The average Bonchev–Trinajstić information content (AvgIpc) is 3.81. The van der Waals surface area contributed by atoms with Gasteiger partial charge in [0.1, 0.15) is 5.65 Å². The zero-order chi connectivity index (χ0) is 29.5. The Morgan fingerprint density at radius 3 is 2.11 bits per heavy atom. The fourth-order valence-electron chi connectivity index (χ4n) is 7.10. The van der Waals surface area contributed by atoms with Gasteiger partial charge in [0.2, 0.25) is 0 Å². The van der Waals surface area contributed by atoms with E-state index in [0.29, 0.717) is 0 Å². The molecule has 10 aromatic rings. The topological polar surface area (TPSA) is 22.2 Å². The van der Waals surface area contributed by atoms with Gasteiger partial charge < -0.3 is 8.97 Å². The van der Waals surface area contributed by atoms with Crippen molar-refractivity contribution in [1.82, 2.24) is 14.0 Å². The van der Waals surface area contributed by atoms with Gasteiger partial charge in [-0.05, 0) is 59.0 Å². The first kappa shape index (κ1) is 24.7. The number of thiophene rings is 1. The summed E-state index contributed by atoms with van der Waals surface area (Å²) in [6.07, 6.45) is 4.14. The van der Waals surface area contributed by atoms with Gasteiger partial charge >= 0.3 is 0 Å². The molecule has 0 aliphatic heterocycles. The molecule has 0 aliphatic rings. The number of aromatic nitrogens is 3. The van der Waals surface area contributed by atoms with Gasteiger partial charge in [-0.15, -0.1) is 11.3 Å². The van der Waals surface area contributed by atoms with E-state index in [-0.39, 0.29) is 0 Å².